The highest BCUT2D eigenvalue weighted by Gasteiger charge is 2.24. The zero-order valence-corrected chi connectivity index (χ0v) is 13.0. The quantitative estimate of drug-likeness (QED) is 0.597. The summed E-state index contributed by atoms with van der Waals surface area (Å²) in [6.45, 7) is 1.94. The minimum atomic E-state index is -0.107. The fraction of sp³-hybridized carbons (Fsp3) is 0.667. The number of aromatic nitrogens is 2. The second kappa shape index (κ2) is 5.80. The van der Waals surface area contributed by atoms with Crippen LogP contribution in [0.2, 0.25) is 5.15 Å². The Bertz CT molecular complexity index is 408. The van der Waals surface area contributed by atoms with Crippen molar-refractivity contribution in [1.82, 2.24) is 9.97 Å². The molecule has 3 nitrogen and oxygen atoms in total. The largest absolute Gasteiger partial charge is 0.374 e. The predicted molar refractivity (Wildman–Crippen MR) is 76.4 cm³/mol. The number of nitrogens with zero attached hydrogens (tertiary/aromatic N) is 2. The first-order valence-electron chi connectivity index (χ1n) is 5.89. The Hall–Kier alpha value is 0.0600. The number of methoxy groups -OCH3 is 1. The lowest BCUT2D eigenvalue weighted by molar-refractivity contribution is 0.111. The molecule has 17 heavy (non-hydrogen) atoms. The highest BCUT2D eigenvalue weighted by Crippen LogP contribution is 2.37. The maximum Gasteiger partial charge on any atom is 0.158 e. The van der Waals surface area contributed by atoms with Crippen molar-refractivity contribution in [3.05, 3.63) is 20.2 Å². The Morgan fingerprint density at radius 1 is 1.35 bits per heavy atom. The van der Waals surface area contributed by atoms with Crippen molar-refractivity contribution < 1.29 is 4.74 Å². The van der Waals surface area contributed by atoms with Gasteiger partial charge in [0, 0.05) is 13.0 Å². The molecule has 1 atom stereocenters. The number of hydrogen-bond donors (Lipinski definition) is 0. The van der Waals surface area contributed by atoms with Crippen LogP contribution in [0, 0.1) is 3.57 Å². The van der Waals surface area contributed by atoms with E-state index in [0.717, 1.165) is 9.26 Å². The molecule has 0 spiro atoms. The van der Waals surface area contributed by atoms with E-state index in [1.807, 2.05) is 6.92 Å². The average Bonchev–Trinajstić information content (AvgIpc) is 2.85. The molecule has 1 aliphatic rings. The molecular formula is C12H16ClIN2O. The van der Waals surface area contributed by atoms with Gasteiger partial charge in [-0.05, 0) is 42.4 Å². The van der Waals surface area contributed by atoms with Crippen LogP contribution < -0.4 is 0 Å². The summed E-state index contributed by atoms with van der Waals surface area (Å²) in [7, 11) is 1.66. The Morgan fingerprint density at radius 2 is 2.00 bits per heavy atom. The van der Waals surface area contributed by atoms with Gasteiger partial charge in [0.1, 0.15) is 11.3 Å². The van der Waals surface area contributed by atoms with Gasteiger partial charge in [-0.15, -0.1) is 0 Å². The minimum Gasteiger partial charge on any atom is -0.374 e. The maximum absolute atomic E-state index is 6.18. The van der Waals surface area contributed by atoms with Crippen molar-refractivity contribution in [3.8, 4) is 0 Å². The molecule has 0 saturated heterocycles. The van der Waals surface area contributed by atoms with Gasteiger partial charge >= 0.3 is 0 Å². The third-order valence-electron chi connectivity index (χ3n) is 3.31. The summed E-state index contributed by atoms with van der Waals surface area (Å²) in [6, 6.07) is 0. The summed E-state index contributed by atoms with van der Waals surface area (Å²) in [5, 5.41) is 0.557. The molecule has 1 fully saturated rings. The minimum absolute atomic E-state index is 0.107. The Labute approximate surface area is 120 Å². The van der Waals surface area contributed by atoms with Crippen LogP contribution in [0.4, 0.5) is 0 Å². The molecule has 0 bridgehead atoms. The van der Waals surface area contributed by atoms with E-state index in [0.29, 0.717) is 16.9 Å². The lowest BCUT2D eigenvalue weighted by Crippen LogP contribution is -2.10. The molecule has 94 valence electrons. The van der Waals surface area contributed by atoms with Crippen LogP contribution in [0.1, 0.15) is 56.1 Å². The molecule has 2 rings (SSSR count). The summed E-state index contributed by atoms with van der Waals surface area (Å²) in [5.74, 6) is 1.24. The molecule has 1 aromatic rings. The van der Waals surface area contributed by atoms with Crippen molar-refractivity contribution in [1.29, 1.82) is 0 Å². The second-order valence-corrected chi connectivity index (χ2v) is 5.87. The van der Waals surface area contributed by atoms with Crippen molar-refractivity contribution in [3.63, 3.8) is 0 Å². The molecule has 1 aliphatic carbocycles. The molecule has 0 amide bonds. The van der Waals surface area contributed by atoms with E-state index in [9.17, 15) is 0 Å². The van der Waals surface area contributed by atoms with Gasteiger partial charge < -0.3 is 4.74 Å². The van der Waals surface area contributed by atoms with E-state index in [-0.39, 0.29) is 6.10 Å². The van der Waals surface area contributed by atoms with E-state index >= 15 is 0 Å². The highest BCUT2D eigenvalue weighted by molar-refractivity contribution is 14.1. The zero-order chi connectivity index (χ0) is 12.4. The fourth-order valence-corrected chi connectivity index (χ4v) is 3.07. The van der Waals surface area contributed by atoms with Gasteiger partial charge in [-0.2, -0.15) is 0 Å². The van der Waals surface area contributed by atoms with Crippen molar-refractivity contribution in [2.24, 2.45) is 0 Å². The normalized spacial score (nSPS) is 18.6. The van der Waals surface area contributed by atoms with Crippen molar-refractivity contribution in [2.45, 2.75) is 44.6 Å². The summed E-state index contributed by atoms with van der Waals surface area (Å²) in [5.41, 5.74) is 1.11. The van der Waals surface area contributed by atoms with Gasteiger partial charge in [-0.3, -0.25) is 0 Å². The van der Waals surface area contributed by atoms with Crippen LogP contribution >= 0.6 is 34.2 Å². The first-order valence-corrected chi connectivity index (χ1v) is 7.34. The van der Waals surface area contributed by atoms with E-state index < -0.39 is 0 Å². The Balaban J connectivity index is 2.38. The molecule has 0 aliphatic heterocycles. The number of hydrogen-bond acceptors (Lipinski definition) is 3. The smallest absolute Gasteiger partial charge is 0.158 e. The van der Waals surface area contributed by atoms with Gasteiger partial charge in [0.25, 0.3) is 0 Å². The van der Waals surface area contributed by atoms with Crippen LogP contribution in [-0.2, 0) is 4.74 Å². The highest BCUT2D eigenvalue weighted by atomic mass is 127. The Morgan fingerprint density at radius 3 is 2.59 bits per heavy atom. The third kappa shape index (κ3) is 2.90. The first-order chi connectivity index (χ1) is 8.13. The summed E-state index contributed by atoms with van der Waals surface area (Å²) < 4.78 is 6.27. The lowest BCUT2D eigenvalue weighted by atomic mass is 10.0. The topological polar surface area (TPSA) is 35.0 Å². The van der Waals surface area contributed by atoms with Crippen LogP contribution in [0.25, 0.3) is 0 Å². The molecule has 1 unspecified atom stereocenters. The fourth-order valence-electron chi connectivity index (χ4n) is 2.21. The number of halogens is 2. The van der Waals surface area contributed by atoms with E-state index in [4.69, 9.17) is 16.3 Å². The van der Waals surface area contributed by atoms with Gasteiger partial charge in [0.2, 0.25) is 0 Å². The molecule has 1 aromatic heterocycles. The van der Waals surface area contributed by atoms with Gasteiger partial charge in [-0.1, -0.05) is 24.4 Å². The molecule has 5 heteroatoms. The van der Waals surface area contributed by atoms with Gasteiger partial charge in [0.05, 0.1) is 9.26 Å². The molecule has 0 radical (unpaired) electrons. The SMILES string of the molecule is COC(C)c1nc(Cl)c(I)c(C2CCCC2)n1. The number of ether oxygens (including phenoxy) is 1. The molecule has 0 aromatic carbocycles. The number of rotatable bonds is 3. The Kier molecular flexibility index (Phi) is 4.60. The van der Waals surface area contributed by atoms with Crippen molar-refractivity contribution in [2.75, 3.05) is 7.11 Å². The molecule has 0 N–H and O–H groups in total. The third-order valence-corrected chi connectivity index (χ3v) is 4.97. The van der Waals surface area contributed by atoms with E-state index in [1.165, 1.54) is 25.7 Å². The van der Waals surface area contributed by atoms with Crippen LogP contribution in [0.5, 0.6) is 0 Å². The monoisotopic (exact) mass is 366 g/mol. The summed E-state index contributed by atoms with van der Waals surface area (Å²) >= 11 is 8.43. The summed E-state index contributed by atoms with van der Waals surface area (Å²) in [4.78, 5) is 8.96. The van der Waals surface area contributed by atoms with E-state index in [2.05, 4.69) is 32.6 Å². The van der Waals surface area contributed by atoms with E-state index in [1.54, 1.807) is 7.11 Å². The van der Waals surface area contributed by atoms with Crippen LogP contribution in [0.15, 0.2) is 0 Å². The predicted octanol–water partition coefficient (Wildman–Crippen LogP) is 4.10. The zero-order valence-electron chi connectivity index (χ0n) is 10.0. The lowest BCUT2D eigenvalue weighted by Gasteiger charge is -2.15. The standard InChI is InChI=1S/C12H16ClIN2O/c1-7(17-2)12-15-10(8-5-3-4-6-8)9(14)11(13)16-12/h7-8H,3-6H2,1-2H3. The average molecular weight is 367 g/mol. The molecular weight excluding hydrogens is 351 g/mol. The van der Waals surface area contributed by atoms with Gasteiger partial charge in [-0.25, -0.2) is 9.97 Å². The van der Waals surface area contributed by atoms with Gasteiger partial charge in [0.15, 0.2) is 5.82 Å². The van der Waals surface area contributed by atoms with Crippen LogP contribution in [0.3, 0.4) is 0 Å². The first kappa shape index (κ1) is 13.5. The van der Waals surface area contributed by atoms with Crippen LogP contribution in [-0.4, -0.2) is 17.1 Å². The molecule has 1 heterocycles. The van der Waals surface area contributed by atoms with Crippen molar-refractivity contribution >= 4 is 34.2 Å². The maximum atomic E-state index is 6.18. The second-order valence-electron chi connectivity index (χ2n) is 4.43. The molecule has 1 saturated carbocycles. The summed E-state index contributed by atoms with van der Waals surface area (Å²) in [6.07, 6.45) is 4.90.